The molecule has 4 rings (SSSR count). The van der Waals surface area contributed by atoms with Gasteiger partial charge >= 0.3 is 0 Å². The van der Waals surface area contributed by atoms with Gasteiger partial charge in [-0.25, -0.2) is 4.98 Å². The van der Waals surface area contributed by atoms with Crippen molar-refractivity contribution in [1.82, 2.24) is 9.55 Å². The van der Waals surface area contributed by atoms with Gasteiger partial charge in [-0.3, -0.25) is 13.6 Å². The van der Waals surface area contributed by atoms with Crippen LogP contribution in [-0.4, -0.2) is 25.3 Å². The quantitative estimate of drug-likeness (QED) is 0.491. The third-order valence-electron chi connectivity index (χ3n) is 4.19. The minimum Gasteiger partial charge on any atom is -0.284 e. The summed E-state index contributed by atoms with van der Waals surface area (Å²) in [5.74, 6) is 1.21. The van der Waals surface area contributed by atoms with E-state index in [4.69, 9.17) is 4.98 Å². The first kappa shape index (κ1) is 16.5. The summed E-state index contributed by atoms with van der Waals surface area (Å²) < 4.78 is 14.2. The molecule has 1 aliphatic carbocycles. The third kappa shape index (κ3) is 3.55. The SMILES string of the molecule is O=c1c2ccccc2nc(SCC[S@](=O)c2ccccc2)n1C1CC1. The van der Waals surface area contributed by atoms with Gasteiger partial charge in [0, 0.05) is 22.4 Å². The molecule has 4 nitrogen and oxygen atoms in total. The van der Waals surface area contributed by atoms with Crippen molar-refractivity contribution in [3.8, 4) is 0 Å². The molecule has 0 aliphatic heterocycles. The first-order valence-corrected chi connectivity index (χ1v) is 10.6. The topological polar surface area (TPSA) is 52.0 Å². The molecule has 0 radical (unpaired) electrons. The van der Waals surface area contributed by atoms with E-state index in [1.165, 1.54) is 11.8 Å². The minimum atomic E-state index is -1.03. The summed E-state index contributed by atoms with van der Waals surface area (Å²) in [5, 5.41) is 1.42. The van der Waals surface area contributed by atoms with Crippen LogP contribution in [0.15, 0.2) is 69.4 Å². The highest BCUT2D eigenvalue weighted by molar-refractivity contribution is 8.00. The fourth-order valence-corrected chi connectivity index (χ4v) is 5.13. The molecule has 2 aromatic carbocycles. The number of hydrogen-bond acceptors (Lipinski definition) is 4. The van der Waals surface area contributed by atoms with Crippen molar-refractivity contribution in [2.24, 2.45) is 0 Å². The Morgan fingerprint density at radius 3 is 2.56 bits per heavy atom. The van der Waals surface area contributed by atoms with Crippen LogP contribution in [0.3, 0.4) is 0 Å². The molecule has 3 aromatic rings. The highest BCUT2D eigenvalue weighted by Gasteiger charge is 2.28. The van der Waals surface area contributed by atoms with Gasteiger partial charge in [-0.15, -0.1) is 0 Å². The summed E-state index contributed by atoms with van der Waals surface area (Å²) >= 11 is 1.53. The van der Waals surface area contributed by atoms with Crippen molar-refractivity contribution in [3.05, 3.63) is 65.0 Å². The van der Waals surface area contributed by atoms with Crippen LogP contribution < -0.4 is 5.56 Å². The van der Waals surface area contributed by atoms with Crippen LogP contribution in [0.25, 0.3) is 10.9 Å². The fourth-order valence-electron chi connectivity index (χ4n) is 2.78. The molecular formula is C19H18N2O2S2. The predicted molar refractivity (Wildman–Crippen MR) is 103 cm³/mol. The Hall–Kier alpha value is -1.92. The van der Waals surface area contributed by atoms with Crippen LogP contribution in [0.5, 0.6) is 0 Å². The zero-order chi connectivity index (χ0) is 17.2. The second-order valence-electron chi connectivity index (χ2n) is 6.03. The average molecular weight is 370 g/mol. The molecule has 1 heterocycles. The van der Waals surface area contributed by atoms with E-state index in [9.17, 15) is 9.00 Å². The number of benzene rings is 2. The smallest absolute Gasteiger partial charge is 0.262 e. The van der Waals surface area contributed by atoms with Crippen LogP contribution in [0, 0.1) is 0 Å². The Kier molecular flexibility index (Phi) is 4.72. The lowest BCUT2D eigenvalue weighted by Gasteiger charge is -2.12. The molecular weight excluding hydrogens is 352 g/mol. The maximum atomic E-state index is 12.8. The highest BCUT2D eigenvalue weighted by Crippen LogP contribution is 2.36. The monoisotopic (exact) mass is 370 g/mol. The van der Waals surface area contributed by atoms with E-state index in [0.717, 1.165) is 28.4 Å². The maximum Gasteiger partial charge on any atom is 0.262 e. The number of hydrogen-bond donors (Lipinski definition) is 0. The molecule has 0 amide bonds. The molecule has 0 unspecified atom stereocenters. The first-order valence-electron chi connectivity index (χ1n) is 8.31. The normalized spacial score (nSPS) is 15.4. The molecule has 25 heavy (non-hydrogen) atoms. The lowest BCUT2D eigenvalue weighted by atomic mass is 10.2. The van der Waals surface area contributed by atoms with Crippen molar-refractivity contribution in [3.63, 3.8) is 0 Å². The zero-order valence-corrected chi connectivity index (χ0v) is 15.3. The molecule has 0 spiro atoms. The summed E-state index contributed by atoms with van der Waals surface area (Å²) in [7, 11) is -1.03. The van der Waals surface area contributed by atoms with E-state index < -0.39 is 10.8 Å². The van der Waals surface area contributed by atoms with E-state index in [2.05, 4.69) is 0 Å². The molecule has 0 saturated heterocycles. The summed E-state index contributed by atoms with van der Waals surface area (Å²) in [6.45, 7) is 0. The zero-order valence-electron chi connectivity index (χ0n) is 13.6. The van der Waals surface area contributed by atoms with Crippen LogP contribution >= 0.6 is 11.8 Å². The van der Waals surface area contributed by atoms with Gasteiger partial charge in [0.05, 0.1) is 21.7 Å². The Balaban J connectivity index is 1.56. The third-order valence-corrected chi connectivity index (χ3v) is 6.78. The molecule has 0 N–H and O–H groups in total. The molecule has 1 aliphatic rings. The highest BCUT2D eigenvalue weighted by atomic mass is 32.2. The summed E-state index contributed by atoms with van der Waals surface area (Å²) in [6, 6.07) is 17.2. The second kappa shape index (κ2) is 7.14. The van der Waals surface area contributed by atoms with Gasteiger partial charge in [-0.2, -0.15) is 0 Å². The number of rotatable bonds is 6. The molecule has 1 saturated carbocycles. The lowest BCUT2D eigenvalue weighted by molar-refractivity contribution is 0.618. The Labute approximate surface area is 152 Å². The van der Waals surface area contributed by atoms with Gasteiger partial charge < -0.3 is 0 Å². The van der Waals surface area contributed by atoms with Crippen molar-refractivity contribution < 1.29 is 4.21 Å². The van der Waals surface area contributed by atoms with Crippen LogP contribution in [0.4, 0.5) is 0 Å². The van der Waals surface area contributed by atoms with Crippen LogP contribution in [0.1, 0.15) is 18.9 Å². The number of aromatic nitrogens is 2. The summed E-state index contributed by atoms with van der Waals surface area (Å²) in [4.78, 5) is 18.3. The summed E-state index contributed by atoms with van der Waals surface area (Å²) in [5.41, 5.74) is 0.774. The molecule has 1 atom stereocenters. The predicted octanol–water partition coefficient (Wildman–Crippen LogP) is 3.63. The van der Waals surface area contributed by atoms with E-state index >= 15 is 0 Å². The number of para-hydroxylation sites is 1. The largest absolute Gasteiger partial charge is 0.284 e. The Morgan fingerprint density at radius 1 is 1.08 bits per heavy atom. The molecule has 1 aromatic heterocycles. The first-order chi connectivity index (χ1) is 12.2. The van der Waals surface area contributed by atoms with Gasteiger partial charge in [-0.1, -0.05) is 42.1 Å². The second-order valence-corrected chi connectivity index (χ2v) is 8.66. The van der Waals surface area contributed by atoms with Crippen molar-refractivity contribution >= 4 is 33.5 Å². The van der Waals surface area contributed by atoms with E-state index in [0.29, 0.717) is 16.9 Å². The minimum absolute atomic E-state index is 0.0415. The Morgan fingerprint density at radius 2 is 1.80 bits per heavy atom. The fraction of sp³-hybridized carbons (Fsp3) is 0.263. The maximum absolute atomic E-state index is 12.8. The Bertz CT molecular complexity index is 982. The summed E-state index contributed by atoms with van der Waals surface area (Å²) in [6.07, 6.45) is 2.06. The lowest BCUT2D eigenvalue weighted by Crippen LogP contribution is -2.22. The van der Waals surface area contributed by atoms with E-state index in [1.54, 1.807) is 0 Å². The van der Waals surface area contributed by atoms with E-state index in [-0.39, 0.29) is 11.6 Å². The van der Waals surface area contributed by atoms with Gasteiger partial charge in [0.25, 0.3) is 5.56 Å². The van der Waals surface area contributed by atoms with Gasteiger partial charge in [0.2, 0.25) is 0 Å². The molecule has 0 bridgehead atoms. The van der Waals surface area contributed by atoms with Gasteiger partial charge in [0.1, 0.15) is 0 Å². The van der Waals surface area contributed by atoms with Crippen molar-refractivity contribution in [2.45, 2.75) is 28.9 Å². The number of thioether (sulfide) groups is 1. The molecule has 1 fully saturated rings. The van der Waals surface area contributed by atoms with Crippen LogP contribution in [0.2, 0.25) is 0 Å². The van der Waals surface area contributed by atoms with Crippen molar-refractivity contribution in [2.75, 3.05) is 11.5 Å². The molecule has 6 heteroatoms. The standard InChI is InChI=1S/C19H18N2O2S2/c22-18-16-8-4-5-9-17(16)20-19(21(18)14-10-11-14)24-12-13-25(23)15-6-2-1-3-7-15/h1-9,14H,10-13H2/t25-/m0/s1. The number of nitrogens with zero attached hydrogens (tertiary/aromatic N) is 2. The number of fused-ring (bicyclic) bond motifs is 1. The van der Waals surface area contributed by atoms with E-state index in [1.807, 2.05) is 59.2 Å². The van der Waals surface area contributed by atoms with Gasteiger partial charge in [-0.05, 0) is 37.1 Å². The van der Waals surface area contributed by atoms with Gasteiger partial charge in [0.15, 0.2) is 5.16 Å². The average Bonchev–Trinajstić information content (AvgIpc) is 3.47. The molecule has 128 valence electrons. The van der Waals surface area contributed by atoms with Crippen LogP contribution in [-0.2, 0) is 10.8 Å². The van der Waals surface area contributed by atoms with Crippen molar-refractivity contribution in [1.29, 1.82) is 0 Å².